The molecule has 6 heteroatoms. The molecule has 2 aromatic rings. The Labute approximate surface area is 151 Å². The van der Waals surface area contributed by atoms with Crippen LogP contribution in [-0.2, 0) is 11.3 Å². The van der Waals surface area contributed by atoms with Crippen molar-refractivity contribution in [2.24, 2.45) is 10.2 Å². The SMILES string of the molecule is CCCC[C@H]1S/C(=N\N=C/c2ccco2)N(Cc2ccccc2)C1=O. The molecule has 1 atom stereocenters. The molecule has 1 saturated heterocycles. The van der Waals surface area contributed by atoms with Gasteiger partial charge in [0.15, 0.2) is 5.17 Å². The highest BCUT2D eigenvalue weighted by atomic mass is 32.2. The zero-order valence-electron chi connectivity index (χ0n) is 14.2. The fourth-order valence-electron chi connectivity index (χ4n) is 2.57. The minimum atomic E-state index is -0.0683. The van der Waals surface area contributed by atoms with Crippen LogP contribution in [0.5, 0.6) is 0 Å². The van der Waals surface area contributed by atoms with Gasteiger partial charge in [0.05, 0.1) is 24.3 Å². The van der Waals surface area contributed by atoms with E-state index in [0.717, 1.165) is 24.8 Å². The van der Waals surface area contributed by atoms with Crippen LogP contribution in [-0.4, -0.2) is 27.4 Å². The van der Waals surface area contributed by atoms with E-state index in [2.05, 4.69) is 17.1 Å². The average Bonchev–Trinajstić information content (AvgIpc) is 3.25. The minimum absolute atomic E-state index is 0.0683. The van der Waals surface area contributed by atoms with Crippen molar-refractivity contribution in [3.63, 3.8) is 0 Å². The molecule has 1 aromatic carbocycles. The Morgan fingerprint density at radius 2 is 2.08 bits per heavy atom. The highest BCUT2D eigenvalue weighted by Gasteiger charge is 2.37. The molecule has 1 aliphatic heterocycles. The third kappa shape index (κ3) is 4.60. The van der Waals surface area contributed by atoms with Gasteiger partial charge in [-0.15, -0.1) is 5.10 Å². The van der Waals surface area contributed by atoms with E-state index >= 15 is 0 Å². The average molecular weight is 355 g/mol. The highest BCUT2D eigenvalue weighted by Crippen LogP contribution is 2.32. The van der Waals surface area contributed by atoms with Crippen molar-refractivity contribution in [2.75, 3.05) is 0 Å². The molecular weight excluding hydrogens is 334 g/mol. The summed E-state index contributed by atoms with van der Waals surface area (Å²) in [7, 11) is 0. The van der Waals surface area contributed by atoms with Crippen molar-refractivity contribution in [1.29, 1.82) is 0 Å². The van der Waals surface area contributed by atoms with Crippen LogP contribution >= 0.6 is 11.8 Å². The summed E-state index contributed by atoms with van der Waals surface area (Å²) < 4.78 is 5.21. The molecule has 1 aromatic heterocycles. The summed E-state index contributed by atoms with van der Waals surface area (Å²) in [6, 6.07) is 13.6. The fourth-order valence-corrected chi connectivity index (χ4v) is 3.71. The van der Waals surface area contributed by atoms with Crippen molar-refractivity contribution < 1.29 is 9.21 Å². The second-order valence-corrected chi connectivity index (χ2v) is 6.97. The standard InChI is InChI=1S/C19H21N3O2S/c1-2-3-11-17-18(23)22(14-15-8-5-4-6-9-15)19(25-17)21-20-13-16-10-7-12-24-16/h4-10,12-13,17H,2-3,11,14H2,1H3/b20-13-,21-19-/t17-/m1/s1. The summed E-state index contributed by atoms with van der Waals surface area (Å²) in [4.78, 5) is 14.5. The number of carbonyl (C=O) groups excluding carboxylic acids is 1. The first kappa shape index (κ1) is 17.5. The number of rotatable bonds is 7. The minimum Gasteiger partial charge on any atom is -0.463 e. The number of furan rings is 1. The topological polar surface area (TPSA) is 58.2 Å². The molecule has 0 N–H and O–H groups in total. The van der Waals surface area contributed by atoms with Crippen LogP contribution < -0.4 is 0 Å². The Morgan fingerprint density at radius 1 is 1.24 bits per heavy atom. The maximum atomic E-state index is 12.8. The van der Waals surface area contributed by atoms with E-state index < -0.39 is 0 Å². The highest BCUT2D eigenvalue weighted by molar-refractivity contribution is 8.15. The third-order valence-electron chi connectivity index (χ3n) is 3.89. The van der Waals surface area contributed by atoms with Crippen molar-refractivity contribution in [2.45, 2.75) is 38.0 Å². The number of carbonyl (C=O) groups is 1. The Bertz CT molecular complexity index is 741. The van der Waals surface area contributed by atoms with Crippen molar-refractivity contribution in [1.82, 2.24) is 4.90 Å². The molecule has 0 aliphatic carbocycles. The van der Waals surface area contributed by atoms with E-state index in [0.29, 0.717) is 17.5 Å². The van der Waals surface area contributed by atoms with Gasteiger partial charge in [0.2, 0.25) is 5.91 Å². The number of amides is 1. The molecule has 0 unspecified atom stereocenters. The zero-order valence-corrected chi connectivity index (χ0v) is 15.0. The molecule has 25 heavy (non-hydrogen) atoms. The molecule has 0 saturated carbocycles. The van der Waals surface area contributed by atoms with Gasteiger partial charge in [-0.05, 0) is 24.1 Å². The lowest BCUT2D eigenvalue weighted by molar-refractivity contribution is -0.126. The normalized spacial score (nSPS) is 19.4. The number of amidine groups is 1. The van der Waals surface area contributed by atoms with Crippen LogP contribution in [0.2, 0.25) is 0 Å². The smallest absolute Gasteiger partial charge is 0.242 e. The lowest BCUT2D eigenvalue weighted by atomic mass is 10.1. The number of hydrogen-bond donors (Lipinski definition) is 0. The van der Waals surface area contributed by atoms with Gasteiger partial charge >= 0.3 is 0 Å². The van der Waals surface area contributed by atoms with E-state index in [1.807, 2.05) is 36.4 Å². The molecule has 5 nitrogen and oxygen atoms in total. The molecule has 0 bridgehead atoms. The van der Waals surface area contributed by atoms with Crippen molar-refractivity contribution in [3.8, 4) is 0 Å². The lowest BCUT2D eigenvalue weighted by Gasteiger charge is -2.15. The van der Waals surface area contributed by atoms with Crippen LogP contribution in [0.1, 0.15) is 37.5 Å². The summed E-state index contributed by atoms with van der Waals surface area (Å²) >= 11 is 1.51. The van der Waals surface area contributed by atoms with Gasteiger partial charge in [0.1, 0.15) is 5.76 Å². The zero-order chi connectivity index (χ0) is 17.5. The molecular formula is C19H21N3O2S. The second-order valence-electron chi connectivity index (χ2n) is 5.80. The number of unbranched alkanes of at least 4 members (excludes halogenated alkanes) is 1. The van der Waals surface area contributed by atoms with E-state index in [-0.39, 0.29) is 11.2 Å². The van der Waals surface area contributed by atoms with Crippen molar-refractivity contribution in [3.05, 3.63) is 60.1 Å². The fraction of sp³-hybridized carbons (Fsp3) is 0.316. The Morgan fingerprint density at radius 3 is 2.80 bits per heavy atom. The van der Waals surface area contributed by atoms with Gasteiger partial charge in [0, 0.05) is 0 Å². The summed E-state index contributed by atoms with van der Waals surface area (Å²) in [5, 5.41) is 8.95. The predicted octanol–water partition coefficient (Wildman–Crippen LogP) is 4.30. The van der Waals surface area contributed by atoms with Gasteiger partial charge in [-0.25, -0.2) is 0 Å². The van der Waals surface area contributed by atoms with Crippen LogP contribution in [0.25, 0.3) is 0 Å². The predicted molar refractivity (Wildman–Crippen MR) is 102 cm³/mol. The Kier molecular flexibility index (Phi) is 6.06. The molecule has 0 radical (unpaired) electrons. The van der Waals surface area contributed by atoms with Crippen LogP contribution in [0.3, 0.4) is 0 Å². The van der Waals surface area contributed by atoms with Gasteiger partial charge < -0.3 is 4.42 Å². The molecule has 1 amide bonds. The van der Waals surface area contributed by atoms with Gasteiger partial charge in [-0.3, -0.25) is 9.69 Å². The number of thioether (sulfide) groups is 1. The molecule has 0 spiro atoms. The maximum Gasteiger partial charge on any atom is 0.242 e. The summed E-state index contributed by atoms with van der Waals surface area (Å²) in [6.45, 7) is 2.65. The maximum absolute atomic E-state index is 12.8. The summed E-state index contributed by atoms with van der Waals surface area (Å²) in [6.07, 6.45) is 6.12. The van der Waals surface area contributed by atoms with Crippen molar-refractivity contribution >= 4 is 29.1 Å². The molecule has 3 rings (SSSR count). The van der Waals surface area contributed by atoms with Gasteiger partial charge in [-0.2, -0.15) is 5.10 Å². The van der Waals surface area contributed by atoms with Crippen LogP contribution in [0.4, 0.5) is 0 Å². The second kappa shape index (κ2) is 8.67. The molecule has 130 valence electrons. The van der Waals surface area contributed by atoms with E-state index in [9.17, 15) is 4.79 Å². The first-order chi connectivity index (χ1) is 12.3. The third-order valence-corrected chi connectivity index (χ3v) is 5.13. The first-order valence-corrected chi connectivity index (χ1v) is 9.32. The van der Waals surface area contributed by atoms with E-state index in [4.69, 9.17) is 4.42 Å². The molecule has 1 fully saturated rings. The summed E-state index contributed by atoms with van der Waals surface area (Å²) in [5.41, 5.74) is 1.08. The number of hydrogen-bond acceptors (Lipinski definition) is 5. The lowest BCUT2D eigenvalue weighted by Crippen LogP contribution is -2.31. The summed E-state index contributed by atoms with van der Waals surface area (Å²) in [5.74, 6) is 0.755. The van der Waals surface area contributed by atoms with Gasteiger partial charge in [-0.1, -0.05) is 61.9 Å². The Hall–Kier alpha value is -2.34. The van der Waals surface area contributed by atoms with Crippen LogP contribution in [0.15, 0.2) is 63.3 Å². The molecule has 1 aliphatic rings. The monoisotopic (exact) mass is 355 g/mol. The quantitative estimate of drug-likeness (QED) is 0.549. The van der Waals surface area contributed by atoms with Gasteiger partial charge in [0.25, 0.3) is 0 Å². The first-order valence-electron chi connectivity index (χ1n) is 8.44. The number of nitrogens with zero attached hydrogens (tertiary/aromatic N) is 3. The number of benzene rings is 1. The Balaban J connectivity index is 1.77. The largest absolute Gasteiger partial charge is 0.463 e. The molecule has 2 heterocycles. The van der Waals surface area contributed by atoms with E-state index in [1.165, 1.54) is 11.8 Å². The van der Waals surface area contributed by atoms with E-state index in [1.54, 1.807) is 23.4 Å². The van der Waals surface area contributed by atoms with Crippen LogP contribution in [0, 0.1) is 0 Å².